The van der Waals surface area contributed by atoms with E-state index in [1.54, 1.807) is 12.1 Å². The number of rotatable bonds is 3. The van der Waals surface area contributed by atoms with Gasteiger partial charge in [0.05, 0.1) is 0 Å². The van der Waals surface area contributed by atoms with E-state index in [9.17, 15) is 19.5 Å². The fourth-order valence-corrected chi connectivity index (χ4v) is 1.44. The van der Waals surface area contributed by atoms with E-state index in [4.69, 9.17) is 9.47 Å². The highest BCUT2D eigenvalue weighted by atomic mass is 16.6. The van der Waals surface area contributed by atoms with Gasteiger partial charge in [-0.3, -0.25) is 9.59 Å². The van der Waals surface area contributed by atoms with Crippen molar-refractivity contribution < 1.29 is 29.0 Å². The number of ketones is 2. The molecule has 98 valence electrons. The van der Waals surface area contributed by atoms with Crippen LogP contribution in [-0.4, -0.2) is 35.9 Å². The van der Waals surface area contributed by atoms with E-state index in [1.165, 1.54) is 12.1 Å². The molecule has 0 bridgehead atoms. The maximum Gasteiger partial charge on any atom is 0.342 e. The van der Waals surface area contributed by atoms with Crippen molar-refractivity contribution in [1.29, 1.82) is 0 Å². The molecule has 1 heterocycles. The number of aromatic hydroxyl groups is 1. The molecule has 0 saturated carbocycles. The zero-order chi connectivity index (χ0) is 13.8. The molecular weight excluding hydrogens is 252 g/mol. The topological polar surface area (TPSA) is 89.9 Å². The Morgan fingerprint density at radius 2 is 2.05 bits per heavy atom. The first kappa shape index (κ1) is 12.8. The molecule has 6 heteroatoms. The van der Waals surface area contributed by atoms with Gasteiger partial charge in [-0.05, 0) is 12.1 Å². The zero-order valence-electron chi connectivity index (χ0n) is 9.79. The Morgan fingerprint density at radius 1 is 1.32 bits per heavy atom. The average Bonchev–Trinajstić information content (AvgIpc) is 2.40. The van der Waals surface area contributed by atoms with Crippen LogP contribution in [0.25, 0.3) is 0 Å². The highest BCUT2D eigenvalue weighted by Crippen LogP contribution is 2.17. The Hall–Kier alpha value is -2.63. The van der Waals surface area contributed by atoms with E-state index in [0.717, 1.165) is 6.08 Å². The Balaban J connectivity index is 1.98. The summed E-state index contributed by atoms with van der Waals surface area (Å²) in [5, 5.41) is 9.45. The van der Waals surface area contributed by atoms with Crippen molar-refractivity contribution in [2.45, 2.75) is 0 Å². The summed E-state index contributed by atoms with van der Waals surface area (Å²) >= 11 is 0. The fraction of sp³-hybridized carbons (Fsp3) is 0.154. The Morgan fingerprint density at radius 3 is 2.74 bits per heavy atom. The van der Waals surface area contributed by atoms with Gasteiger partial charge in [-0.15, -0.1) is 0 Å². The van der Waals surface area contributed by atoms with Crippen LogP contribution in [0.1, 0.15) is 10.4 Å². The summed E-state index contributed by atoms with van der Waals surface area (Å²) in [7, 11) is 0. The summed E-state index contributed by atoms with van der Waals surface area (Å²) in [6.07, 6.45) is 0.990. The van der Waals surface area contributed by atoms with Gasteiger partial charge < -0.3 is 14.6 Å². The van der Waals surface area contributed by atoms with Crippen LogP contribution in [0, 0.1) is 0 Å². The maximum absolute atomic E-state index is 11.6. The SMILES string of the molecule is O=C1C=C(COC(=O)c2ccccc2O)OCC1=O. The number of Topliss-reactive ketones (excluding diaryl/α,β-unsaturated/α-hetero) is 1. The molecule has 1 aromatic rings. The molecule has 1 aliphatic heterocycles. The predicted molar refractivity (Wildman–Crippen MR) is 62.4 cm³/mol. The second-order valence-corrected chi connectivity index (χ2v) is 3.78. The molecule has 0 aliphatic carbocycles. The zero-order valence-corrected chi connectivity index (χ0v) is 9.79. The van der Waals surface area contributed by atoms with Gasteiger partial charge in [0.25, 0.3) is 0 Å². The molecule has 0 amide bonds. The van der Waals surface area contributed by atoms with Gasteiger partial charge in [0.2, 0.25) is 11.6 Å². The monoisotopic (exact) mass is 262 g/mol. The number of phenols is 1. The van der Waals surface area contributed by atoms with Crippen molar-refractivity contribution in [1.82, 2.24) is 0 Å². The Kier molecular flexibility index (Phi) is 3.61. The van der Waals surface area contributed by atoms with Crippen molar-refractivity contribution >= 4 is 17.5 Å². The Bertz CT molecular complexity index is 572. The van der Waals surface area contributed by atoms with Crippen molar-refractivity contribution in [3.8, 4) is 5.75 Å². The molecule has 1 aromatic carbocycles. The second kappa shape index (κ2) is 5.34. The number of hydrogen-bond donors (Lipinski definition) is 1. The molecule has 0 unspecified atom stereocenters. The van der Waals surface area contributed by atoms with Crippen LogP contribution in [0.15, 0.2) is 36.1 Å². The molecule has 1 aliphatic rings. The highest BCUT2D eigenvalue weighted by molar-refractivity contribution is 6.42. The van der Waals surface area contributed by atoms with E-state index in [1.807, 2.05) is 0 Å². The van der Waals surface area contributed by atoms with Crippen LogP contribution < -0.4 is 0 Å². The number of allylic oxidation sites excluding steroid dienone is 1. The molecule has 0 radical (unpaired) electrons. The molecule has 0 atom stereocenters. The molecule has 6 nitrogen and oxygen atoms in total. The van der Waals surface area contributed by atoms with Gasteiger partial charge in [0.1, 0.15) is 23.7 Å². The summed E-state index contributed by atoms with van der Waals surface area (Å²) in [6, 6.07) is 5.91. The quantitative estimate of drug-likeness (QED) is 0.633. The number of benzene rings is 1. The molecule has 0 aromatic heterocycles. The molecule has 0 saturated heterocycles. The number of carbonyl (C=O) groups is 3. The summed E-state index contributed by atoms with van der Waals surface area (Å²) in [5.41, 5.74) is 0.0151. The summed E-state index contributed by atoms with van der Waals surface area (Å²) in [6.45, 7) is -0.620. The van der Waals surface area contributed by atoms with Gasteiger partial charge in [-0.1, -0.05) is 12.1 Å². The van der Waals surface area contributed by atoms with Crippen LogP contribution in [0.5, 0.6) is 5.75 Å². The van der Waals surface area contributed by atoms with E-state index in [0.29, 0.717) is 0 Å². The number of para-hydroxylation sites is 1. The van der Waals surface area contributed by atoms with Crippen LogP contribution in [0.4, 0.5) is 0 Å². The lowest BCUT2D eigenvalue weighted by atomic mass is 10.2. The maximum atomic E-state index is 11.6. The molecule has 19 heavy (non-hydrogen) atoms. The van der Waals surface area contributed by atoms with Crippen molar-refractivity contribution in [2.75, 3.05) is 13.2 Å². The van der Waals surface area contributed by atoms with Gasteiger partial charge >= 0.3 is 5.97 Å². The largest absolute Gasteiger partial charge is 0.507 e. The third kappa shape index (κ3) is 2.98. The molecule has 1 N–H and O–H groups in total. The fourth-order valence-electron chi connectivity index (χ4n) is 1.44. The normalized spacial score (nSPS) is 14.6. The highest BCUT2D eigenvalue weighted by Gasteiger charge is 2.21. The summed E-state index contributed by atoms with van der Waals surface area (Å²) in [4.78, 5) is 33.6. The molecule has 0 fully saturated rings. The average molecular weight is 262 g/mol. The Labute approximate surface area is 108 Å². The van der Waals surface area contributed by atoms with Gasteiger partial charge in [-0.2, -0.15) is 0 Å². The minimum atomic E-state index is -0.744. The van der Waals surface area contributed by atoms with Crippen molar-refractivity contribution in [2.24, 2.45) is 0 Å². The van der Waals surface area contributed by atoms with Crippen LogP contribution in [0.2, 0.25) is 0 Å². The number of phenolic OH excluding ortho intramolecular Hbond substituents is 1. The molecular formula is C13H10O6. The lowest BCUT2D eigenvalue weighted by Gasteiger charge is -2.13. The third-order valence-electron chi connectivity index (χ3n) is 2.43. The minimum absolute atomic E-state index is 0.0151. The summed E-state index contributed by atoms with van der Waals surface area (Å²) in [5.74, 6) is -2.16. The number of carbonyl (C=O) groups excluding carboxylic acids is 3. The first-order chi connectivity index (χ1) is 9.08. The van der Waals surface area contributed by atoms with Gasteiger partial charge in [0, 0.05) is 6.08 Å². The van der Waals surface area contributed by atoms with Gasteiger partial charge in [-0.25, -0.2) is 4.79 Å². The first-order valence-corrected chi connectivity index (χ1v) is 5.43. The lowest BCUT2D eigenvalue weighted by molar-refractivity contribution is -0.137. The van der Waals surface area contributed by atoms with E-state index in [2.05, 4.69) is 0 Å². The minimum Gasteiger partial charge on any atom is -0.507 e. The lowest BCUT2D eigenvalue weighted by Crippen LogP contribution is -2.25. The predicted octanol–water partition coefficient (Wildman–Crippen LogP) is 0.601. The van der Waals surface area contributed by atoms with E-state index >= 15 is 0 Å². The van der Waals surface area contributed by atoms with Crippen LogP contribution >= 0.6 is 0 Å². The third-order valence-corrected chi connectivity index (χ3v) is 2.43. The smallest absolute Gasteiger partial charge is 0.342 e. The number of ether oxygens (including phenoxy) is 2. The van der Waals surface area contributed by atoms with E-state index < -0.39 is 17.5 Å². The van der Waals surface area contributed by atoms with Crippen molar-refractivity contribution in [3.05, 3.63) is 41.7 Å². The van der Waals surface area contributed by atoms with Crippen molar-refractivity contribution in [3.63, 3.8) is 0 Å². The molecule has 2 rings (SSSR count). The molecule has 0 spiro atoms. The standard InChI is InChI=1S/C13H10O6/c14-10-4-2-1-3-9(10)13(17)19-6-8-5-11(15)12(16)7-18-8/h1-5,14H,6-7H2. The number of esters is 1. The van der Waals surface area contributed by atoms with Crippen LogP contribution in [-0.2, 0) is 19.1 Å². The first-order valence-electron chi connectivity index (χ1n) is 5.43. The second-order valence-electron chi connectivity index (χ2n) is 3.78. The summed E-state index contributed by atoms with van der Waals surface area (Å²) < 4.78 is 9.80. The van der Waals surface area contributed by atoms with Crippen LogP contribution in [0.3, 0.4) is 0 Å². The van der Waals surface area contributed by atoms with E-state index in [-0.39, 0.29) is 30.3 Å². The number of hydrogen-bond acceptors (Lipinski definition) is 6. The van der Waals surface area contributed by atoms with Gasteiger partial charge in [0.15, 0.2) is 6.61 Å².